The highest BCUT2D eigenvalue weighted by atomic mass is 127. The van der Waals surface area contributed by atoms with Gasteiger partial charge in [-0.2, -0.15) is 10.2 Å². The van der Waals surface area contributed by atoms with Gasteiger partial charge in [-0.05, 0) is 12.0 Å². The predicted octanol–water partition coefficient (Wildman–Crippen LogP) is 0.238. The van der Waals surface area contributed by atoms with E-state index in [0.29, 0.717) is 13.1 Å². The van der Waals surface area contributed by atoms with Gasteiger partial charge in [0.05, 0.1) is 18.1 Å². The fraction of sp³-hybridized carbons (Fsp3) is 0.500. The molecule has 0 unspecified atom stereocenters. The molecule has 1 N–H and O–H groups in total. The Morgan fingerprint density at radius 1 is 1.19 bits per heavy atom. The molecule has 3 rings (SSSR count). The minimum absolute atomic E-state index is 0. The van der Waals surface area contributed by atoms with E-state index in [0.717, 1.165) is 31.2 Å². The van der Waals surface area contributed by atoms with Gasteiger partial charge in [-0.15, -0.1) is 24.0 Å². The third-order valence-electron chi connectivity index (χ3n) is 4.19. The molecule has 9 nitrogen and oxygen atoms in total. The summed E-state index contributed by atoms with van der Waals surface area (Å²) < 4.78 is 3.49. The maximum absolute atomic E-state index is 12.5. The van der Waals surface area contributed by atoms with Crippen molar-refractivity contribution in [2.24, 2.45) is 19.1 Å². The maximum Gasteiger partial charge on any atom is 0.246 e. The van der Waals surface area contributed by atoms with Crippen LogP contribution in [0.15, 0.2) is 29.8 Å². The van der Waals surface area contributed by atoms with Gasteiger partial charge in [0.1, 0.15) is 6.54 Å². The smallest absolute Gasteiger partial charge is 0.246 e. The molecule has 26 heavy (non-hydrogen) atoms. The van der Waals surface area contributed by atoms with Crippen LogP contribution >= 0.6 is 24.0 Å². The van der Waals surface area contributed by atoms with Crippen LogP contribution in [-0.4, -0.2) is 69.6 Å². The van der Waals surface area contributed by atoms with Gasteiger partial charge in [-0.1, -0.05) is 0 Å². The molecule has 0 radical (unpaired) electrons. The predicted molar refractivity (Wildman–Crippen MR) is 111 cm³/mol. The first kappa shape index (κ1) is 20.2. The number of hydrogen-bond acceptors (Lipinski definition) is 4. The van der Waals surface area contributed by atoms with Crippen LogP contribution in [0.3, 0.4) is 0 Å². The Kier molecular flexibility index (Phi) is 7.00. The van der Waals surface area contributed by atoms with E-state index in [2.05, 4.69) is 20.5 Å². The highest BCUT2D eigenvalue weighted by molar-refractivity contribution is 14.0. The lowest BCUT2D eigenvalue weighted by Gasteiger charge is -2.35. The summed E-state index contributed by atoms with van der Waals surface area (Å²) in [5, 5.41) is 11.6. The van der Waals surface area contributed by atoms with E-state index < -0.39 is 0 Å². The van der Waals surface area contributed by atoms with Crippen molar-refractivity contribution in [3.63, 3.8) is 0 Å². The minimum atomic E-state index is 0. The molecule has 1 saturated heterocycles. The Morgan fingerprint density at radius 3 is 2.50 bits per heavy atom. The standard InChI is InChI=1S/C16H24N8O.HI/c1-17-16(18-5-4-13-8-19-21(2)10-13)23-6-7-24(15(25)12-23)14-9-20-22(3)11-14;/h8-11H,4-7,12H2,1-3H3,(H,17,18);1H. The first-order valence-electron chi connectivity index (χ1n) is 8.29. The van der Waals surface area contributed by atoms with Gasteiger partial charge in [-0.3, -0.25) is 19.2 Å². The van der Waals surface area contributed by atoms with Gasteiger partial charge in [0.15, 0.2) is 5.96 Å². The van der Waals surface area contributed by atoms with E-state index in [9.17, 15) is 4.79 Å². The number of hydrogen-bond donors (Lipinski definition) is 1. The lowest BCUT2D eigenvalue weighted by Crippen LogP contribution is -2.55. The van der Waals surface area contributed by atoms with E-state index in [1.54, 1.807) is 27.5 Å². The van der Waals surface area contributed by atoms with Gasteiger partial charge in [0.2, 0.25) is 5.91 Å². The maximum atomic E-state index is 12.5. The summed E-state index contributed by atoms with van der Waals surface area (Å²) in [7, 11) is 5.49. The molecule has 0 aliphatic carbocycles. The average Bonchev–Trinajstić information content (AvgIpc) is 3.20. The first-order valence-corrected chi connectivity index (χ1v) is 8.29. The summed E-state index contributed by atoms with van der Waals surface area (Å²) >= 11 is 0. The topological polar surface area (TPSA) is 83.6 Å². The van der Waals surface area contributed by atoms with Gasteiger partial charge in [0.25, 0.3) is 0 Å². The van der Waals surface area contributed by atoms with E-state index in [1.165, 1.54) is 5.56 Å². The van der Waals surface area contributed by atoms with Crippen LogP contribution in [0.5, 0.6) is 0 Å². The second-order valence-corrected chi connectivity index (χ2v) is 6.09. The molecule has 1 fully saturated rings. The van der Waals surface area contributed by atoms with Crippen molar-refractivity contribution >= 4 is 41.5 Å². The molecule has 0 saturated carbocycles. The van der Waals surface area contributed by atoms with Crippen LogP contribution in [-0.2, 0) is 25.3 Å². The Hall–Kier alpha value is -2.11. The number of anilines is 1. The number of nitrogens with one attached hydrogen (secondary N) is 1. The Labute approximate surface area is 170 Å². The Morgan fingerprint density at radius 2 is 1.92 bits per heavy atom. The number of guanidine groups is 1. The molecular weight excluding hydrogens is 447 g/mol. The number of carbonyl (C=O) groups excluding carboxylic acids is 1. The highest BCUT2D eigenvalue weighted by Crippen LogP contribution is 2.16. The van der Waals surface area contributed by atoms with Crippen LogP contribution in [0, 0.1) is 0 Å². The molecule has 2 aromatic heterocycles. The zero-order chi connectivity index (χ0) is 17.8. The van der Waals surface area contributed by atoms with Crippen LogP contribution in [0.2, 0.25) is 0 Å². The molecule has 0 atom stereocenters. The zero-order valence-electron chi connectivity index (χ0n) is 15.3. The van der Waals surface area contributed by atoms with E-state index in [4.69, 9.17) is 0 Å². The van der Waals surface area contributed by atoms with Crippen molar-refractivity contribution in [2.75, 3.05) is 38.1 Å². The minimum Gasteiger partial charge on any atom is -0.356 e. The van der Waals surface area contributed by atoms with E-state index in [-0.39, 0.29) is 29.9 Å². The molecule has 0 aromatic carbocycles. The molecule has 142 valence electrons. The first-order chi connectivity index (χ1) is 12.1. The summed E-state index contributed by atoms with van der Waals surface area (Å²) in [5.41, 5.74) is 2.01. The summed E-state index contributed by atoms with van der Waals surface area (Å²) in [5.74, 6) is 0.803. The van der Waals surface area contributed by atoms with Crippen molar-refractivity contribution in [1.82, 2.24) is 29.8 Å². The number of piperazine rings is 1. The number of carbonyl (C=O) groups is 1. The lowest BCUT2D eigenvalue weighted by atomic mass is 10.2. The van der Waals surface area contributed by atoms with Gasteiger partial charge in [-0.25, -0.2) is 0 Å². The average molecular weight is 472 g/mol. The molecule has 0 spiro atoms. The highest BCUT2D eigenvalue weighted by Gasteiger charge is 2.27. The molecule has 3 heterocycles. The van der Waals surface area contributed by atoms with Crippen molar-refractivity contribution in [3.05, 3.63) is 30.4 Å². The molecule has 1 aliphatic rings. The fourth-order valence-electron chi connectivity index (χ4n) is 2.93. The monoisotopic (exact) mass is 472 g/mol. The lowest BCUT2D eigenvalue weighted by molar-refractivity contribution is -0.120. The number of aryl methyl sites for hydroxylation is 2. The quantitative estimate of drug-likeness (QED) is 0.392. The number of halogens is 1. The van der Waals surface area contributed by atoms with Crippen LogP contribution in [0.1, 0.15) is 5.56 Å². The summed E-state index contributed by atoms with van der Waals surface area (Å²) in [6, 6.07) is 0. The molecule has 1 aliphatic heterocycles. The summed E-state index contributed by atoms with van der Waals surface area (Å²) in [4.78, 5) is 20.5. The SMILES string of the molecule is CN=C(NCCc1cnn(C)c1)N1CCN(c2cnn(C)c2)C(=O)C1.I. The van der Waals surface area contributed by atoms with Gasteiger partial charge < -0.3 is 15.1 Å². The molecule has 10 heteroatoms. The number of nitrogens with zero attached hydrogens (tertiary/aromatic N) is 7. The number of aliphatic imine (C=N–C) groups is 1. The number of amides is 1. The van der Waals surface area contributed by atoms with Crippen molar-refractivity contribution in [1.29, 1.82) is 0 Å². The molecule has 0 bridgehead atoms. The fourth-order valence-corrected chi connectivity index (χ4v) is 2.93. The van der Waals surface area contributed by atoms with Crippen molar-refractivity contribution < 1.29 is 4.79 Å². The van der Waals surface area contributed by atoms with Crippen LogP contribution < -0.4 is 10.2 Å². The second kappa shape index (κ2) is 9.01. The Bertz CT molecular complexity index is 768. The molecule has 1 amide bonds. The van der Waals surface area contributed by atoms with Crippen LogP contribution in [0.25, 0.3) is 0 Å². The third-order valence-corrected chi connectivity index (χ3v) is 4.19. The molecule has 2 aromatic rings. The van der Waals surface area contributed by atoms with Crippen LogP contribution in [0.4, 0.5) is 5.69 Å². The van der Waals surface area contributed by atoms with E-state index in [1.807, 2.05) is 37.6 Å². The third kappa shape index (κ3) is 4.74. The van der Waals surface area contributed by atoms with Gasteiger partial charge >= 0.3 is 0 Å². The Balaban J connectivity index is 0.00000243. The second-order valence-electron chi connectivity index (χ2n) is 6.09. The number of rotatable bonds is 4. The van der Waals surface area contributed by atoms with Gasteiger partial charge in [0, 0.05) is 53.2 Å². The normalized spacial score (nSPS) is 15.2. The largest absolute Gasteiger partial charge is 0.356 e. The van der Waals surface area contributed by atoms with E-state index >= 15 is 0 Å². The molecular formula is C16H25IN8O. The van der Waals surface area contributed by atoms with Crippen molar-refractivity contribution in [2.45, 2.75) is 6.42 Å². The summed E-state index contributed by atoms with van der Waals surface area (Å²) in [6.07, 6.45) is 8.29. The zero-order valence-corrected chi connectivity index (χ0v) is 17.6. The number of aromatic nitrogens is 4. The van der Waals surface area contributed by atoms with Crippen molar-refractivity contribution in [3.8, 4) is 0 Å². The summed E-state index contributed by atoms with van der Waals surface area (Å²) in [6.45, 7) is 2.40.